The Hall–Kier alpha value is -1.35. The molecule has 2 aliphatic carbocycles. The average molecular weight is 259 g/mol. The second-order valence-corrected chi connectivity index (χ2v) is 5.95. The lowest BCUT2D eigenvalue weighted by molar-refractivity contribution is 0.0695. The number of aromatic carboxylic acids is 1. The first kappa shape index (κ1) is 12.7. The Morgan fingerprint density at radius 3 is 2.79 bits per heavy atom. The summed E-state index contributed by atoms with van der Waals surface area (Å²) in [6.07, 6.45) is 6.34. The predicted octanol–water partition coefficient (Wildman–Crippen LogP) is 2.71. The summed E-state index contributed by atoms with van der Waals surface area (Å²) in [6, 6.07) is 7.99. The number of carboxylic acid groups (broad SMARTS) is 1. The minimum absolute atomic E-state index is 0.442. The van der Waals surface area contributed by atoms with E-state index < -0.39 is 5.97 Å². The van der Waals surface area contributed by atoms with Crippen molar-refractivity contribution in [2.45, 2.75) is 38.1 Å². The fraction of sp³-hybridized carbons (Fsp3) is 0.562. The molecule has 1 aromatic carbocycles. The molecule has 2 bridgehead atoms. The number of nitrogens with one attached hydrogen (secondary N) is 1. The second kappa shape index (κ2) is 5.33. The normalized spacial score (nSPS) is 28.7. The van der Waals surface area contributed by atoms with Gasteiger partial charge in [-0.3, -0.25) is 0 Å². The van der Waals surface area contributed by atoms with Crippen LogP contribution in [0.25, 0.3) is 0 Å². The molecule has 2 N–H and O–H groups in total. The quantitative estimate of drug-likeness (QED) is 0.854. The van der Waals surface area contributed by atoms with Crippen LogP contribution in [0.1, 0.15) is 41.6 Å². The van der Waals surface area contributed by atoms with Crippen molar-refractivity contribution in [3.63, 3.8) is 0 Å². The molecule has 3 heteroatoms. The molecule has 0 saturated heterocycles. The average Bonchev–Trinajstić information content (AvgIpc) is 3.01. The van der Waals surface area contributed by atoms with Gasteiger partial charge in [0, 0.05) is 6.04 Å². The summed E-state index contributed by atoms with van der Waals surface area (Å²) in [5.74, 6) is 1.00. The highest BCUT2D eigenvalue weighted by Crippen LogP contribution is 2.44. The van der Waals surface area contributed by atoms with Crippen LogP contribution >= 0.6 is 0 Å². The van der Waals surface area contributed by atoms with E-state index in [0.29, 0.717) is 11.6 Å². The molecule has 102 valence electrons. The van der Waals surface area contributed by atoms with Gasteiger partial charge in [-0.1, -0.05) is 24.6 Å². The Morgan fingerprint density at radius 1 is 1.26 bits per heavy atom. The molecule has 0 aliphatic heterocycles. The first-order valence-electron chi connectivity index (χ1n) is 7.28. The monoisotopic (exact) mass is 259 g/mol. The lowest BCUT2D eigenvalue weighted by Gasteiger charge is -2.23. The molecular formula is C16H21NO2. The van der Waals surface area contributed by atoms with Crippen LogP contribution in [0, 0.1) is 11.8 Å². The van der Waals surface area contributed by atoms with E-state index in [4.69, 9.17) is 5.11 Å². The van der Waals surface area contributed by atoms with Gasteiger partial charge in [-0.25, -0.2) is 4.79 Å². The zero-order valence-electron chi connectivity index (χ0n) is 11.1. The molecule has 19 heavy (non-hydrogen) atoms. The molecule has 3 atom stereocenters. The van der Waals surface area contributed by atoms with Crippen LogP contribution in [0.2, 0.25) is 0 Å². The van der Waals surface area contributed by atoms with Gasteiger partial charge in [0.15, 0.2) is 0 Å². The standard InChI is InChI=1S/C16H21NO2/c18-16(19)14-4-2-1-3-12(14)7-8-17-15-10-11-5-6-13(15)9-11/h1-4,11,13,15,17H,5-10H2,(H,18,19). The van der Waals surface area contributed by atoms with Crippen molar-refractivity contribution in [2.75, 3.05) is 6.54 Å². The van der Waals surface area contributed by atoms with Gasteiger partial charge >= 0.3 is 5.97 Å². The molecule has 0 spiro atoms. The third-order valence-electron chi connectivity index (χ3n) is 4.79. The van der Waals surface area contributed by atoms with Gasteiger partial charge in [0.05, 0.1) is 5.56 Å². The summed E-state index contributed by atoms with van der Waals surface area (Å²) in [6.45, 7) is 0.887. The Balaban J connectivity index is 1.54. The maximum atomic E-state index is 11.1. The smallest absolute Gasteiger partial charge is 0.335 e. The summed E-state index contributed by atoms with van der Waals surface area (Å²) in [4.78, 5) is 11.1. The second-order valence-electron chi connectivity index (χ2n) is 5.95. The van der Waals surface area contributed by atoms with Crippen LogP contribution in [0.5, 0.6) is 0 Å². The third kappa shape index (κ3) is 2.66. The van der Waals surface area contributed by atoms with Gasteiger partial charge in [-0.2, -0.15) is 0 Å². The van der Waals surface area contributed by atoms with Crippen LogP contribution in [0.3, 0.4) is 0 Å². The van der Waals surface area contributed by atoms with Crippen LogP contribution < -0.4 is 5.32 Å². The molecule has 3 nitrogen and oxygen atoms in total. The summed E-state index contributed by atoms with van der Waals surface area (Å²) < 4.78 is 0. The highest BCUT2D eigenvalue weighted by molar-refractivity contribution is 5.89. The fourth-order valence-corrected chi connectivity index (χ4v) is 3.83. The van der Waals surface area contributed by atoms with Crippen molar-refractivity contribution in [2.24, 2.45) is 11.8 Å². The highest BCUT2D eigenvalue weighted by Gasteiger charge is 2.38. The van der Waals surface area contributed by atoms with E-state index in [-0.39, 0.29) is 0 Å². The molecule has 2 aliphatic rings. The Bertz CT molecular complexity index is 472. The Labute approximate surface area is 114 Å². The predicted molar refractivity (Wildman–Crippen MR) is 74.3 cm³/mol. The number of hydrogen-bond acceptors (Lipinski definition) is 2. The molecule has 0 heterocycles. The summed E-state index contributed by atoms with van der Waals surface area (Å²) in [5, 5.41) is 12.8. The molecule has 0 radical (unpaired) electrons. The molecule has 3 rings (SSSR count). The number of carboxylic acids is 1. The van der Waals surface area contributed by atoms with Crippen molar-refractivity contribution < 1.29 is 9.90 Å². The van der Waals surface area contributed by atoms with Gasteiger partial charge < -0.3 is 10.4 Å². The van der Waals surface area contributed by atoms with Crippen LogP contribution in [-0.2, 0) is 6.42 Å². The van der Waals surface area contributed by atoms with Gasteiger partial charge in [0.2, 0.25) is 0 Å². The summed E-state index contributed by atoms with van der Waals surface area (Å²) in [5.41, 5.74) is 1.38. The number of fused-ring (bicyclic) bond motifs is 2. The SMILES string of the molecule is O=C(O)c1ccccc1CCNC1CC2CCC1C2. The lowest BCUT2D eigenvalue weighted by atomic mass is 9.95. The van der Waals surface area contributed by atoms with Crippen molar-refractivity contribution in [3.05, 3.63) is 35.4 Å². The van der Waals surface area contributed by atoms with Crippen molar-refractivity contribution >= 4 is 5.97 Å². The molecule has 1 aromatic rings. The Morgan fingerprint density at radius 2 is 2.11 bits per heavy atom. The van der Waals surface area contributed by atoms with Crippen molar-refractivity contribution in [3.8, 4) is 0 Å². The number of carbonyl (C=O) groups is 1. The summed E-state index contributed by atoms with van der Waals surface area (Å²) in [7, 11) is 0. The van der Waals surface area contributed by atoms with E-state index in [1.807, 2.05) is 12.1 Å². The fourth-order valence-electron chi connectivity index (χ4n) is 3.83. The zero-order valence-corrected chi connectivity index (χ0v) is 11.1. The van der Waals surface area contributed by atoms with Gasteiger partial charge in [0.25, 0.3) is 0 Å². The third-order valence-corrected chi connectivity index (χ3v) is 4.79. The molecule has 0 aromatic heterocycles. The minimum atomic E-state index is -0.824. The van der Waals surface area contributed by atoms with E-state index in [0.717, 1.165) is 30.4 Å². The topological polar surface area (TPSA) is 49.3 Å². The molecular weight excluding hydrogens is 238 g/mol. The molecule has 2 fully saturated rings. The van der Waals surface area contributed by atoms with Crippen LogP contribution in [0.4, 0.5) is 0 Å². The van der Waals surface area contributed by atoms with Crippen LogP contribution in [0.15, 0.2) is 24.3 Å². The van der Waals surface area contributed by atoms with E-state index in [2.05, 4.69) is 5.32 Å². The lowest BCUT2D eigenvalue weighted by Crippen LogP contribution is -2.35. The molecule has 0 amide bonds. The van der Waals surface area contributed by atoms with Gasteiger partial charge in [-0.05, 0) is 55.7 Å². The number of rotatable bonds is 5. The van der Waals surface area contributed by atoms with Gasteiger partial charge in [-0.15, -0.1) is 0 Å². The maximum absolute atomic E-state index is 11.1. The van der Waals surface area contributed by atoms with E-state index >= 15 is 0 Å². The number of hydrogen-bond donors (Lipinski definition) is 2. The van der Waals surface area contributed by atoms with Crippen molar-refractivity contribution in [1.82, 2.24) is 5.32 Å². The first-order valence-corrected chi connectivity index (χ1v) is 7.28. The first-order chi connectivity index (χ1) is 9.24. The zero-order chi connectivity index (χ0) is 13.2. The summed E-state index contributed by atoms with van der Waals surface area (Å²) >= 11 is 0. The van der Waals surface area contributed by atoms with Crippen molar-refractivity contribution in [1.29, 1.82) is 0 Å². The number of benzene rings is 1. The minimum Gasteiger partial charge on any atom is -0.478 e. The largest absolute Gasteiger partial charge is 0.478 e. The van der Waals surface area contributed by atoms with E-state index in [1.54, 1.807) is 12.1 Å². The Kier molecular flexibility index (Phi) is 3.56. The van der Waals surface area contributed by atoms with E-state index in [1.165, 1.54) is 25.7 Å². The van der Waals surface area contributed by atoms with E-state index in [9.17, 15) is 4.79 Å². The molecule has 2 saturated carbocycles. The van der Waals surface area contributed by atoms with Crippen LogP contribution in [-0.4, -0.2) is 23.7 Å². The van der Waals surface area contributed by atoms with Gasteiger partial charge in [0.1, 0.15) is 0 Å². The molecule has 3 unspecified atom stereocenters. The highest BCUT2D eigenvalue weighted by atomic mass is 16.4. The maximum Gasteiger partial charge on any atom is 0.335 e.